The van der Waals surface area contributed by atoms with Gasteiger partial charge in [-0.2, -0.15) is 13.2 Å². The predicted molar refractivity (Wildman–Crippen MR) is 109 cm³/mol. The van der Waals surface area contributed by atoms with Crippen molar-refractivity contribution in [3.63, 3.8) is 0 Å². The Balaban J connectivity index is 0.000000339. The third-order valence-electron chi connectivity index (χ3n) is 4.94. The lowest BCUT2D eigenvalue weighted by Gasteiger charge is -2.23. The smallest absolute Gasteiger partial charge is 0.475 e. The molecule has 0 atom stereocenters. The molecule has 2 aliphatic rings. The number of aromatic nitrogens is 2. The molecule has 1 saturated carbocycles. The number of thiazole rings is 1. The van der Waals surface area contributed by atoms with Crippen molar-refractivity contribution in [3.05, 3.63) is 40.0 Å². The highest BCUT2D eigenvalue weighted by Crippen LogP contribution is 2.33. The summed E-state index contributed by atoms with van der Waals surface area (Å²) in [6.45, 7) is 5.00. The topological polar surface area (TPSA) is 86.6 Å². The predicted octanol–water partition coefficient (Wildman–Crippen LogP) is 3.63. The second kappa shape index (κ2) is 9.63. The van der Waals surface area contributed by atoms with Gasteiger partial charge in [0.15, 0.2) is 0 Å². The summed E-state index contributed by atoms with van der Waals surface area (Å²) in [5.74, 6) is -0.848. The fraction of sp³-hybridized carbons (Fsp3) is 0.500. The number of carboxylic acid groups (broad SMARTS) is 1. The molecule has 2 aromatic rings. The quantitative estimate of drug-likeness (QED) is 0.756. The SMILES string of the molecule is Cc1nc(CN2CCN(C(=O)CC3CC3)Cc3cccnc32)cs1.O=C(O)C(F)(F)F. The molecule has 0 radical (unpaired) electrons. The number of rotatable bonds is 4. The Morgan fingerprint density at radius 2 is 2.00 bits per heavy atom. The molecule has 1 aliphatic carbocycles. The molecule has 31 heavy (non-hydrogen) atoms. The number of aryl methyl sites for hydroxylation is 1. The molecule has 0 saturated heterocycles. The minimum absolute atomic E-state index is 0.290. The zero-order chi connectivity index (χ0) is 22.6. The monoisotopic (exact) mass is 456 g/mol. The highest BCUT2D eigenvalue weighted by molar-refractivity contribution is 7.09. The number of carboxylic acids is 1. The van der Waals surface area contributed by atoms with Crippen LogP contribution in [0, 0.1) is 12.8 Å². The van der Waals surface area contributed by atoms with Gasteiger partial charge >= 0.3 is 12.1 Å². The lowest BCUT2D eigenvalue weighted by molar-refractivity contribution is -0.192. The zero-order valence-electron chi connectivity index (χ0n) is 16.9. The van der Waals surface area contributed by atoms with Crippen LogP contribution in [0.15, 0.2) is 23.7 Å². The Bertz CT molecular complexity index is 930. The summed E-state index contributed by atoms with van der Waals surface area (Å²) in [6, 6.07) is 4.04. The number of alkyl halides is 3. The molecular weight excluding hydrogens is 433 g/mol. The zero-order valence-corrected chi connectivity index (χ0v) is 17.7. The number of nitrogens with zero attached hydrogens (tertiary/aromatic N) is 4. The molecule has 0 bridgehead atoms. The van der Waals surface area contributed by atoms with Crippen LogP contribution >= 0.6 is 11.3 Å². The van der Waals surface area contributed by atoms with Crippen molar-refractivity contribution < 1.29 is 27.9 Å². The minimum atomic E-state index is -5.08. The summed E-state index contributed by atoms with van der Waals surface area (Å²) in [6.07, 6.45) is -0.110. The van der Waals surface area contributed by atoms with E-state index in [-0.39, 0.29) is 0 Å². The first kappa shape index (κ1) is 23.0. The molecule has 0 aromatic carbocycles. The van der Waals surface area contributed by atoms with Gasteiger partial charge in [-0.05, 0) is 31.7 Å². The molecule has 4 rings (SSSR count). The van der Waals surface area contributed by atoms with Crippen molar-refractivity contribution in [2.24, 2.45) is 5.92 Å². The van der Waals surface area contributed by atoms with Gasteiger partial charge in [0, 0.05) is 43.2 Å². The van der Waals surface area contributed by atoms with E-state index in [1.165, 1.54) is 12.8 Å². The van der Waals surface area contributed by atoms with E-state index in [1.54, 1.807) is 11.3 Å². The van der Waals surface area contributed by atoms with Gasteiger partial charge in [-0.3, -0.25) is 4.79 Å². The van der Waals surface area contributed by atoms with Crippen molar-refractivity contribution >= 4 is 29.0 Å². The molecule has 11 heteroatoms. The molecule has 1 N–H and O–H groups in total. The van der Waals surface area contributed by atoms with Crippen molar-refractivity contribution in [2.45, 2.75) is 45.5 Å². The average molecular weight is 456 g/mol. The third-order valence-corrected chi connectivity index (χ3v) is 5.77. The first-order valence-corrected chi connectivity index (χ1v) is 10.7. The van der Waals surface area contributed by atoms with Gasteiger partial charge < -0.3 is 14.9 Å². The van der Waals surface area contributed by atoms with E-state index < -0.39 is 12.1 Å². The van der Waals surface area contributed by atoms with Crippen LogP contribution in [0.3, 0.4) is 0 Å². The van der Waals surface area contributed by atoms with Crippen molar-refractivity contribution in [1.29, 1.82) is 0 Å². The number of halogens is 3. The number of carbonyl (C=O) groups is 2. The number of hydrogen-bond donors (Lipinski definition) is 1. The molecule has 0 spiro atoms. The summed E-state index contributed by atoms with van der Waals surface area (Å²) >= 11 is 1.68. The van der Waals surface area contributed by atoms with Gasteiger partial charge in [-0.15, -0.1) is 11.3 Å². The van der Waals surface area contributed by atoms with Crippen molar-refractivity contribution in [1.82, 2.24) is 14.9 Å². The van der Waals surface area contributed by atoms with Crippen LogP contribution in [-0.2, 0) is 22.7 Å². The van der Waals surface area contributed by atoms with Gasteiger partial charge in [0.1, 0.15) is 5.82 Å². The highest BCUT2D eigenvalue weighted by Gasteiger charge is 2.38. The van der Waals surface area contributed by atoms with E-state index >= 15 is 0 Å². The lowest BCUT2D eigenvalue weighted by atomic mass is 10.2. The lowest BCUT2D eigenvalue weighted by Crippen LogP contribution is -2.35. The van der Waals surface area contributed by atoms with Gasteiger partial charge in [-0.1, -0.05) is 6.07 Å². The van der Waals surface area contributed by atoms with E-state index in [1.807, 2.05) is 24.1 Å². The van der Waals surface area contributed by atoms with Crippen LogP contribution in [0.25, 0.3) is 0 Å². The van der Waals surface area contributed by atoms with Crippen LogP contribution in [0.5, 0.6) is 0 Å². The number of aliphatic carboxylic acids is 1. The molecule has 7 nitrogen and oxygen atoms in total. The molecule has 3 heterocycles. The second-order valence-electron chi connectivity index (χ2n) is 7.53. The molecule has 1 fully saturated rings. The van der Waals surface area contributed by atoms with Crippen molar-refractivity contribution in [3.8, 4) is 0 Å². The summed E-state index contributed by atoms with van der Waals surface area (Å²) in [5, 5.41) is 10.3. The van der Waals surface area contributed by atoms with Crippen LogP contribution in [0.1, 0.15) is 35.5 Å². The largest absolute Gasteiger partial charge is 0.490 e. The van der Waals surface area contributed by atoms with E-state index in [9.17, 15) is 18.0 Å². The van der Waals surface area contributed by atoms with E-state index in [0.29, 0.717) is 24.8 Å². The van der Waals surface area contributed by atoms with E-state index in [0.717, 1.165) is 41.7 Å². The molecular formula is C20H23F3N4O3S. The fourth-order valence-electron chi connectivity index (χ4n) is 3.21. The van der Waals surface area contributed by atoms with Crippen LogP contribution in [0.4, 0.5) is 19.0 Å². The first-order valence-electron chi connectivity index (χ1n) is 9.81. The summed E-state index contributed by atoms with van der Waals surface area (Å²) in [7, 11) is 0. The number of fused-ring (bicyclic) bond motifs is 1. The van der Waals surface area contributed by atoms with E-state index in [2.05, 4.69) is 26.3 Å². The summed E-state index contributed by atoms with van der Waals surface area (Å²) < 4.78 is 31.7. The molecule has 0 unspecified atom stereocenters. The second-order valence-corrected chi connectivity index (χ2v) is 8.59. The maximum absolute atomic E-state index is 12.6. The first-order chi connectivity index (χ1) is 14.6. The Kier molecular flexibility index (Phi) is 7.14. The Morgan fingerprint density at radius 3 is 2.58 bits per heavy atom. The molecule has 1 amide bonds. The van der Waals surface area contributed by atoms with Gasteiger partial charge in [-0.25, -0.2) is 14.8 Å². The Morgan fingerprint density at radius 1 is 1.29 bits per heavy atom. The normalized spacial score (nSPS) is 16.1. The Hall–Kier alpha value is -2.69. The molecule has 1 aliphatic heterocycles. The van der Waals surface area contributed by atoms with Crippen molar-refractivity contribution in [2.75, 3.05) is 18.0 Å². The average Bonchev–Trinajstić information content (AvgIpc) is 3.45. The van der Waals surface area contributed by atoms with Gasteiger partial charge in [0.25, 0.3) is 0 Å². The maximum Gasteiger partial charge on any atom is 0.490 e. The fourth-order valence-corrected chi connectivity index (χ4v) is 3.82. The Labute approximate surface area is 181 Å². The maximum atomic E-state index is 12.6. The van der Waals surface area contributed by atoms with Crippen LogP contribution in [0.2, 0.25) is 0 Å². The van der Waals surface area contributed by atoms with Gasteiger partial charge in [0.05, 0.1) is 17.2 Å². The number of carbonyl (C=O) groups excluding carboxylic acids is 1. The number of amides is 1. The molecule has 2 aromatic heterocycles. The van der Waals surface area contributed by atoms with Gasteiger partial charge in [0.2, 0.25) is 5.91 Å². The summed E-state index contributed by atoms with van der Waals surface area (Å²) in [4.78, 5) is 34.9. The minimum Gasteiger partial charge on any atom is -0.475 e. The van der Waals surface area contributed by atoms with E-state index in [4.69, 9.17) is 9.90 Å². The molecule has 168 valence electrons. The van der Waals surface area contributed by atoms with Crippen LogP contribution < -0.4 is 4.90 Å². The standard InChI is InChI=1S/C18H22N4OS.C2HF3O2/c1-13-20-16(12-24-13)11-22-8-7-21(17(23)9-14-4-5-14)10-15-3-2-6-19-18(15)22;3-2(4,5)1(6)7/h2-3,6,12,14H,4-5,7-11H2,1H3;(H,6,7). The number of pyridine rings is 1. The number of anilines is 1. The highest BCUT2D eigenvalue weighted by atomic mass is 32.1. The van der Waals surface area contributed by atoms with Crippen LogP contribution in [-0.4, -0.2) is 51.1 Å². The third kappa shape index (κ3) is 6.65. The number of hydrogen-bond acceptors (Lipinski definition) is 6. The summed E-state index contributed by atoms with van der Waals surface area (Å²) in [5.41, 5.74) is 2.21.